The molecule has 2 unspecified atom stereocenters. The summed E-state index contributed by atoms with van der Waals surface area (Å²) in [7, 11) is 0. The van der Waals surface area contributed by atoms with Gasteiger partial charge in [-0.1, -0.05) is 36.5 Å². The highest BCUT2D eigenvalue weighted by Crippen LogP contribution is 2.32. The van der Waals surface area contributed by atoms with Crippen LogP contribution in [0.4, 0.5) is 0 Å². The Morgan fingerprint density at radius 1 is 1.18 bits per heavy atom. The lowest BCUT2D eigenvalue weighted by Gasteiger charge is -2.13. The van der Waals surface area contributed by atoms with Gasteiger partial charge in [0.2, 0.25) is 0 Å². The van der Waals surface area contributed by atoms with Crippen LogP contribution in [0, 0.1) is 11.8 Å². The summed E-state index contributed by atoms with van der Waals surface area (Å²) in [5.74, 6) is 0.391. The fourth-order valence-corrected chi connectivity index (χ4v) is 3.39. The van der Waals surface area contributed by atoms with Crippen molar-refractivity contribution in [3.8, 4) is 0 Å². The van der Waals surface area contributed by atoms with Gasteiger partial charge in [-0.15, -0.1) is 0 Å². The molecule has 0 aromatic heterocycles. The number of aliphatic hydroxyl groups is 3. The molecule has 0 spiro atoms. The predicted molar refractivity (Wildman–Crippen MR) is 111 cm³/mol. The molecular formula is C23H36O5. The normalized spacial score (nSPS) is 22.6. The maximum atomic E-state index is 12.1. The highest BCUT2D eigenvalue weighted by molar-refractivity contribution is 5.83. The number of hydrogen-bond donors (Lipinski definition) is 3. The predicted octanol–water partition coefficient (Wildman–Crippen LogP) is 3.28. The van der Waals surface area contributed by atoms with Crippen molar-refractivity contribution in [1.82, 2.24) is 0 Å². The number of Topliss-reactive ketones (excluding diaryl/α,β-unsaturated/α-hetero) is 2. The standard InChI is InChI=1S/C23H36O5/c1-18(25)9-6-7-11-20(26)13-8-10-19-15-16-23(28)22(19)14-5-3-2-4-12-21(27)17-24/h3,5,7-8,10-11,18-20,22,24-26H,2,4,6,9,12-17H2,1H3/t18?,19-,20?,22+/m0/s1. The second-order valence-electron chi connectivity index (χ2n) is 7.66. The molecule has 0 aliphatic heterocycles. The third-order valence-electron chi connectivity index (χ3n) is 5.08. The molecule has 1 saturated carbocycles. The average molecular weight is 393 g/mol. The number of unbranched alkanes of at least 4 members (excludes halogenated alkanes) is 1. The van der Waals surface area contributed by atoms with E-state index in [1.165, 1.54) is 0 Å². The number of allylic oxidation sites excluding steroid dienone is 4. The van der Waals surface area contributed by atoms with Gasteiger partial charge in [-0.05, 0) is 57.8 Å². The van der Waals surface area contributed by atoms with Gasteiger partial charge in [-0.25, -0.2) is 0 Å². The van der Waals surface area contributed by atoms with E-state index in [1.807, 2.05) is 24.3 Å². The molecule has 0 bridgehead atoms. The first kappa shape index (κ1) is 24.5. The van der Waals surface area contributed by atoms with Crippen molar-refractivity contribution in [3.05, 3.63) is 36.5 Å². The molecule has 5 heteroatoms. The first-order valence-corrected chi connectivity index (χ1v) is 10.4. The lowest BCUT2D eigenvalue weighted by Crippen LogP contribution is -2.12. The molecule has 1 aliphatic carbocycles. The van der Waals surface area contributed by atoms with Crippen molar-refractivity contribution in [3.63, 3.8) is 0 Å². The summed E-state index contributed by atoms with van der Waals surface area (Å²) in [6.45, 7) is 1.36. The van der Waals surface area contributed by atoms with Crippen LogP contribution >= 0.6 is 0 Å². The van der Waals surface area contributed by atoms with Crippen molar-refractivity contribution in [2.24, 2.45) is 11.8 Å². The number of rotatable bonds is 14. The molecule has 3 N–H and O–H groups in total. The van der Waals surface area contributed by atoms with Gasteiger partial charge in [0.1, 0.15) is 12.4 Å². The molecular weight excluding hydrogens is 356 g/mol. The van der Waals surface area contributed by atoms with E-state index in [9.17, 15) is 19.8 Å². The molecule has 0 aromatic rings. The van der Waals surface area contributed by atoms with Crippen LogP contribution in [0.5, 0.6) is 0 Å². The van der Waals surface area contributed by atoms with E-state index < -0.39 is 6.10 Å². The van der Waals surface area contributed by atoms with Gasteiger partial charge in [0, 0.05) is 18.8 Å². The van der Waals surface area contributed by atoms with Crippen LogP contribution in [0.2, 0.25) is 0 Å². The zero-order chi connectivity index (χ0) is 20.8. The molecule has 5 nitrogen and oxygen atoms in total. The Balaban J connectivity index is 2.34. The van der Waals surface area contributed by atoms with E-state index >= 15 is 0 Å². The zero-order valence-corrected chi connectivity index (χ0v) is 17.0. The van der Waals surface area contributed by atoms with E-state index in [1.54, 1.807) is 13.0 Å². The summed E-state index contributed by atoms with van der Waals surface area (Å²) >= 11 is 0. The van der Waals surface area contributed by atoms with Crippen molar-refractivity contribution >= 4 is 11.6 Å². The smallest absolute Gasteiger partial charge is 0.158 e. The van der Waals surface area contributed by atoms with Crippen LogP contribution < -0.4 is 0 Å². The largest absolute Gasteiger partial charge is 0.393 e. The van der Waals surface area contributed by atoms with E-state index in [0.29, 0.717) is 37.9 Å². The topological polar surface area (TPSA) is 94.8 Å². The molecule has 4 atom stereocenters. The van der Waals surface area contributed by atoms with Crippen molar-refractivity contribution in [2.75, 3.05) is 6.61 Å². The molecule has 1 fully saturated rings. The molecule has 0 aromatic carbocycles. The maximum absolute atomic E-state index is 12.1. The quantitative estimate of drug-likeness (QED) is 0.311. The van der Waals surface area contributed by atoms with Gasteiger partial charge >= 0.3 is 0 Å². The number of aliphatic hydroxyl groups excluding tert-OH is 3. The molecule has 28 heavy (non-hydrogen) atoms. The van der Waals surface area contributed by atoms with Crippen LogP contribution in [0.1, 0.15) is 64.7 Å². The SMILES string of the molecule is CC(O)CCC=CC(O)CC=C[C@H]1CCC(=O)[C@@H]1CC=CCCCC(=O)CO. The Hall–Kier alpha value is -1.56. The molecule has 0 radical (unpaired) electrons. The van der Waals surface area contributed by atoms with Gasteiger partial charge in [0.15, 0.2) is 5.78 Å². The van der Waals surface area contributed by atoms with Crippen LogP contribution in [0.15, 0.2) is 36.5 Å². The Kier molecular flexibility index (Phi) is 12.6. The number of carbonyl (C=O) groups excluding carboxylic acids is 2. The Morgan fingerprint density at radius 2 is 1.96 bits per heavy atom. The number of hydrogen-bond acceptors (Lipinski definition) is 5. The summed E-state index contributed by atoms with van der Waals surface area (Å²) in [5, 5.41) is 27.8. The Bertz CT molecular complexity index is 547. The van der Waals surface area contributed by atoms with E-state index in [4.69, 9.17) is 5.11 Å². The monoisotopic (exact) mass is 392 g/mol. The van der Waals surface area contributed by atoms with Gasteiger partial charge in [-0.2, -0.15) is 0 Å². The molecule has 0 heterocycles. The second kappa shape index (κ2) is 14.4. The minimum absolute atomic E-state index is 0.00491. The van der Waals surface area contributed by atoms with E-state index in [-0.39, 0.29) is 30.3 Å². The van der Waals surface area contributed by atoms with Crippen LogP contribution in [0.3, 0.4) is 0 Å². The fraction of sp³-hybridized carbons (Fsp3) is 0.652. The van der Waals surface area contributed by atoms with Gasteiger partial charge < -0.3 is 15.3 Å². The molecule has 0 amide bonds. The minimum Gasteiger partial charge on any atom is -0.393 e. The summed E-state index contributed by atoms with van der Waals surface area (Å²) in [6, 6.07) is 0. The first-order valence-electron chi connectivity index (χ1n) is 10.4. The van der Waals surface area contributed by atoms with E-state index in [2.05, 4.69) is 6.08 Å². The summed E-state index contributed by atoms with van der Waals surface area (Å²) < 4.78 is 0. The average Bonchev–Trinajstić information content (AvgIpc) is 3.01. The van der Waals surface area contributed by atoms with Gasteiger partial charge in [0.05, 0.1) is 12.2 Å². The molecule has 1 aliphatic rings. The van der Waals surface area contributed by atoms with Crippen molar-refractivity contribution in [2.45, 2.75) is 76.9 Å². The maximum Gasteiger partial charge on any atom is 0.158 e. The van der Waals surface area contributed by atoms with Crippen LogP contribution in [-0.4, -0.2) is 45.7 Å². The Labute approximate surface area is 168 Å². The molecule has 1 rings (SSSR count). The third-order valence-corrected chi connectivity index (χ3v) is 5.08. The summed E-state index contributed by atoms with van der Waals surface area (Å²) in [6.07, 6.45) is 16.9. The molecule has 158 valence electrons. The van der Waals surface area contributed by atoms with Gasteiger partial charge in [0.25, 0.3) is 0 Å². The summed E-state index contributed by atoms with van der Waals surface area (Å²) in [4.78, 5) is 23.2. The molecule has 0 saturated heterocycles. The third kappa shape index (κ3) is 10.7. The van der Waals surface area contributed by atoms with E-state index in [0.717, 1.165) is 25.7 Å². The highest BCUT2D eigenvalue weighted by atomic mass is 16.3. The van der Waals surface area contributed by atoms with Crippen LogP contribution in [0.25, 0.3) is 0 Å². The zero-order valence-electron chi connectivity index (χ0n) is 17.0. The lowest BCUT2D eigenvalue weighted by molar-refractivity contribution is -0.122. The Morgan fingerprint density at radius 3 is 2.68 bits per heavy atom. The number of ketones is 2. The highest BCUT2D eigenvalue weighted by Gasteiger charge is 2.31. The second-order valence-corrected chi connectivity index (χ2v) is 7.66. The summed E-state index contributed by atoms with van der Waals surface area (Å²) in [5.41, 5.74) is 0. The van der Waals surface area contributed by atoms with Crippen molar-refractivity contribution < 1.29 is 24.9 Å². The van der Waals surface area contributed by atoms with Gasteiger partial charge in [-0.3, -0.25) is 9.59 Å². The first-order chi connectivity index (χ1) is 13.4. The fourth-order valence-electron chi connectivity index (χ4n) is 3.39. The van der Waals surface area contributed by atoms with Crippen LogP contribution in [-0.2, 0) is 9.59 Å². The number of carbonyl (C=O) groups is 2. The lowest BCUT2D eigenvalue weighted by atomic mass is 9.91. The van der Waals surface area contributed by atoms with Crippen molar-refractivity contribution in [1.29, 1.82) is 0 Å². The minimum atomic E-state index is -0.540.